The van der Waals surface area contributed by atoms with Gasteiger partial charge in [-0.05, 0) is 13.3 Å². The molecule has 0 bridgehead atoms. The molecule has 1 fully saturated rings. The van der Waals surface area contributed by atoms with E-state index in [0.29, 0.717) is 6.54 Å². The average Bonchev–Trinajstić information content (AvgIpc) is 2.11. The summed E-state index contributed by atoms with van der Waals surface area (Å²) in [4.78, 5) is 0. The van der Waals surface area contributed by atoms with E-state index >= 15 is 0 Å². The molecule has 1 aliphatic heterocycles. The van der Waals surface area contributed by atoms with Crippen molar-refractivity contribution in [3.8, 4) is 0 Å². The van der Waals surface area contributed by atoms with Crippen LogP contribution in [0, 0.1) is 0 Å². The summed E-state index contributed by atoms with van der Waals surface area (Å²) in [7, 11) is -3.03. The van der Waals surface area contributed by atoms with E-state index in [1.54, 1.807) is 0 Å². The summed E-state index contributed by atoms with van der Waals surface area (Å²) in [6, 6.07) is -0.0327. The zero-order valence-electron chi connectivity index (χ0n) is 6.82. The van der Waals surface area contributed by atoms with Gasteiger partial charge in [-0.2, -0.15) is 4.31 Å². The highest BCUT2D eigenvalue weighted by Gasteiger charge is 2.33. The van der Waals surface area contributed by atoms with Crippen LogP contribution in [0.2, 0.25) is 0 Å². The number of hydrogen-bond donors (Lipinski definition) is 1. The predicted octanol–water partition coefficient (Wildman–Crippen LogP) is -0.632. The van der Waals surface area contributed by atoms with Gasteiger partial charge in [0.15, 0.2) is 0 Å². The lowest BCUT2D eigenvalue weighted by molar-refractivity contribution is 0.396. The van der Waals surface area contributed by atoms with Crippen molar-refractivity contribution in [3.63, 3.8) is 0 Å². The second-order valence-electron chi connectivity index (χ2n) is 3.07. The Morgan fingerprint density at radius 3 is 2.27 bits per heavy atom. The third-order valence-corrected chi connectivity index (χ3v) is 3.55. The molecule has 2 N–H and O–H groups in total. The van der Waals surface area contributed by atoms with Crippen molar-refractivity contribution in [2.24, 2.45) is 5.73 Å². The predicted molar refractivity (Wildman–Crippen MR) is 43.6 cm³/mol. The summed E-state index contributed by atoms with van der Waals surface area (Å²) in [5.41, 5.74) is 5.66. The minimum Gasteiger partial charge on any atom is -0.326 e. The first-order chi connectivity index (χ1) is 4.93. The average molecular weight is 178 g/mol. The molecule has 0 amide bonds. The Morgan fingerprint density at radius 1 is 1.55 bits per heavy atom. The number of nitrogens with two attached hydrogens (primary N) is 1. The number of sulfonamides is 1. The molecule has 0 radical (unpaired) electrons. The van der Waals surface area contributed by atoms with Gasteiger partial charge in [0.1, 0.15) is 0 Å². The van der Waals surface area contributed by atoms with Crippen LogP contribution in [-0.2, 0) is 10.0 Å². The van der Waals surface area contributed by atoms with E-state index < -0.39 is 10.0 Å². The topological polar surface area (TPSA) is 63.4 Å². The van der Waals surface area contributed by atoms with Crippen molar-refractivity contribution >= 4 is 10.0 Å². The maximum Gasteiger partial charge on any atom is 0.211 e. The van der Waals surface area contributed by atoms with Gasteiger partial charge in [-0.1, -0.05) is 0 Å². The van der Waals surface area contributed by atoms with Crippen LogP contribution in [0.25, 0.3) is 0 Å². The van der Waals surface area contributed by atoms with Gasteiger partial charge in [0.25, 0.3) is 0 Å². The second-order valence-corrected chi connectivity index (χ2v) is 5.00. The van der Waals surface area contributed by atoms with Gasteiger partial charge in [0.2, 0.25) is 10.0 Å². The fourth-order valence-corrected chi connectivity index (χ4v) is 2.60. The van der Waals surface area contributed by atoms with Crippen LogP contribution < -0.4 is 5.73 Å². The van der Waals surface area contributed by atoms with Gasteiger partial charge in [-0.3, -0.25) is 0 Å². The van der Waals surface area contributed by atoms with Gasteiger partial charge < -0.3 is 5.73 Å². The van der Waals surface area contributed by atoms with Crippen LogP contribution in [0.15, 0.2) is 0 Å². The van der Waals surface area contributed by atoms with Gasteiger partial charge in [-0.15, -0.1) is 0 Å². The normalized spacial score (nSPS) is 34.5. The summed E-state index contributed by atoms with van der Waals surface area (Å²) in [5.74, 6) is 0. The molecule has 4 nitrogen and oxygen atoms in total. The molecule has 1 aliphatic rings. The molecule has 2 atom stereocenters. The minimum atomic E-state index is -3.03. The van der Waals surface area contributed by atoms with E-state index in [2.05, 4.69) is 0 Å². The first-order valence-electron chi connectivity index (χ1n) is 3.65. The molecule has 0 spiro atoms. The Hall–Kier alpha value is -0.130. The minimum absolute atomic E-state index is 0.00437. The number of rotatable bonds is 1. The summed E-state index contributed by atoms with van der Waals surface area (Å²) in [5, 5.41) is 0. The smallest absolute Gasteiger partial charge is 0.211 e. The molecule has 0 saturated carbocycles. The highest BCUT2D eigenvalue weighted by atomic mass is 32.2. The molecule has 0 aromatic carbocycles. The van der Waals surface area contributed by atoms with Crippen molar-refractivity contribution in [1.29, 1.82) is 0 Å². The van der Waals surface area contributed by atoms with Gasteiger partial charge in [0, 0.05) is 18.6 Å². The maximum atomic E-state index is 11.1. The fourth-order valence-electron chi connectivity index (χ4n) is 1.40. The molecule has 0 aromatic heterocycles. The Morgan fingerprint density at radius 2 is 2.09 bits per heavy atom. The summed E-state index contributed by atoms with van der Waals surface area (Å²) in [6.07, 6.45) is 2.00. The molecule has 1 rings (SSSR count). The molecule has 1 saturated heterocycles. The van der Waals surface area contributed by atoms with E-state index in [9.17, 15) is 8.42 Å². The molecule has 0 aliphatic carbocycles. The van der Waals surface area contributed by atoms with Gasteiger partial charge >= 0.3 is 0 Å². The van der Waals surface area contributed by atoms with Gasteiger partial charge in [0.05, 0.1) is 6.26 Å². The highest BCUT2D eigenvalue weighted by molar-refractivity contribution is 7.88. The van der Waals surface area contributed by atoms with Crippen LogP contribution in [-0.4, -0.2) is 37.6 Å². The Balaban J connectivity index is 2.78. The fraction of sp³-hybridized carbons (Fsp3) is 1.00. The zero-order valence-corrected chi connectivity index (χ0v) is 7.63. The maximum absolute atomic E-state index is 11.1. The standard InChI is InChI=1S/C6H14N2O2S/c1-5-6(7)3-4-8(5)11(2,9)10/h5-6H,3-4,7H2,1-2H3. The van der Waals surface area contributed by atoms with Crippen molar-refractivity contribution in [2.75, 3.05) is 12.8 Å². The lowest BCUT2D eigenvalue weighted by atomic mass is 10.2. The molecule has 2 unspecified atom stereocenters. The Kier molecular flexibility index (Phi) is 2.22. The third kappa shape index (κ3) is 1.72. The molecular weight excluding hydrogens is 164 g/mol. The van der Waals surface area contributed by atoms with Gasteiger partial charge in [-0.25, -0.2) is 8.42 Å². The zero-order chi connectivity index (χ0) is 8.65. The van der Waals surface area contributed by atoms with Crippen LogP contribution >= 0.6 is 0 Å². The van der Waals surface area contributed by atoms with E-state index in [-0.39, 0.29) is 12.1 Å². The number of hydrogen-bond acceptors (Lipinski definition) is 3. The summed E-state index contributed by atoms with van der Waals surface area (Å²) >= 11 is 0. The van der Waals surface area contributed by atoms with E-state index in [1.165, 1.54) is 10.6 Å². The third-order valence-electron chi connectivity index (χ3n) is 2.18. The molecule has 0 aromatic rings. The second kappa shape index (κ2) is 2.73. The first-order valence-corrected chi connectivity index (χ1v) is 5.50. The lowest BCUT2D eigenvalue weighted by Crippen LogP contribution is -2.39. The Labute approximate surface area is 67.4 Å². The molecule has 1 heterocycles. The molecular formula is C6H14N2O2S. The monoisotopic (exact) mass is 178 g/mol. The molecule has 11 heavy (non-hydrogen) atoms. The highest BCUT2D eigenvalue weighted by Crippen LogP contribution is 2.18. The molecule has 66 valence electrons. The van der Waals surface area contributed by atoms with Crippen molar-refractivity contribution in [2.45, 2.75) is 25.4 Å². The van der Waals surface area contributed by atoms with Crippen LogP contribution in [0.5, 0.6) is 0 Å². The lowest BCUT2D eigenvalue weighted by Gasteiger charge is -2.19. The van der Waals surface area contributed by atoms with Crippen molar-refractivity contribution < 1.29 is 8.42 Å². The van der Waals surface area contributed by atoms with Crippen LogP contribution in [0.3, 0.4) is 0 Å². The quantitative estimate of drug-likeness (QED) is 0.581. The van der Waals surface area contributed by atoms with Crippen LogP contribution in [0.4, 0.5) is 0 Å². The SMILES string of the molecule is CC1C(N)CCN1S(C)(=O)=O. The van der Waals surface area contributed by atoms with Crippen molar-refractivity contribution in [1.82, 2.24) is 4.31 Å². The summed E-state index contributed by atoms with van der Waals surface area (Å²) in [6.45, 7) is 2.42. The molecule has 5 heteroatoms. The summed E-state index contributed by atoms with van der Waals surface area (Å²) < 4.78 is 23.6. The number of nitrogens with zero attached hydrogens (tertiary/aromatic N) is 1. The van der Waals surface area contributed by atoms with Crippen molar-refractivity contribution in [3.05, 3.63) is 0 Å². The van der Waals surface area contributed by atoms with E-state index in [0.717, 1.165) is 6.42 Å². The largest absolute Gasteiger partial charge is 0.326 e. The first kappa shape index (κ1) is 8.96. The van der Waals surface area contributed by atoms with E-state index in [1.807, 2.05) is 6.92 Å². The van der Waals surface area contributed by atoms with E-state index in [4.69, 9.17) is 5.73 Å². The Bertz CT molecular complexity index is 237. The van der Waals surface area contributed by atoms with Crippen LogP contribution in [0.1, 0.15) is 13.3 Å².